The Morgan fingerprint density at radius 2 is 2.27 bits per heavy atom. The average molecular weight is 168 g/mol. The second-order valence-electron chi connectivity index (χ2n) is 3.16. The summed E-state index contributed by atoms with van der Waals surface area (Å²) in [5.74, 6) is 0.912. The zero-order valence-electron chi connectivity index (χ0n) is 6.26. The van der Waals surface area contributed by atoms with Crippen molar-refractivity contribution < 1.29 is 0 Å². The van der Waals surface area contributed by atoms with E-state index in [1.807, 2.05) is 12.3 Å². The Hall–Kier alpha value is -0.560. The van der Waals surface area contributed by atoms with Crippen LogP contribution in [0, 0.1) is 5.92 Å². The largest absolute Gasteiger partial charge is 0.263 e. The minimum absolute atomic E-state index is 0.753. The maximum atomic E-state index is 5.79. The Bertz CT molecular complexity index is 255. The van der Waals surface area contributed by atoms with Crippen molar-refractivity contribution in [1.82, 2.24) is 4.98 Å². The van der Waals surface area contributed by atoms with Crippen LogP contribution in [0.15, 0.2) is 18.5 Å². The van der Waals surface area contributed by atoms with Gasteiger partial charge in [-0.1, -0.05) is 11.6 Å². The topological polar surface area (TPSA) is 12.9 Å². The van der Waals surface area contributed by atoms with Crippen molar-refractivity contribution >= 4 is 11.6 Å². The minimum atomic E-state index is 0.753. The van der Waals surface area contributed by atoms with Gasteiger partial charge in [-0.05, 0) is 36.8 Å². The van der Waals surface area contributed by atoms with Crippen LogP contribution in [0.2, 0.25) is 5.02 Å². The summed E-state index contributed by atoms with van der Waals surface area (Å²) in [6, 6.07) is 2.01. The fourth-order valence-electron chi connectivity index (χ4n) is 1.22. The lowest BCUT2D eigenvalue weighted by Crippen LogP contribution is -1.87. The van der Waals surface area contributed by atoms with E-state index < -0.39 is 0 Å². The fourth-order valence-corrected chi connectivity index (χ4v) is 1.42. The van der Waals surface area contributed by atoms with E-state index in [4.69, 9.17) is 11.6 Å². The van der Waals surface area contributed by atoms with Crippen LogP contribution in [0.3, 0.4) is 0 Å². The van der Waals surface area contributed by atoms with Crippen molar-refractivity contribution in [2.24, 2.45) is 5.92 Å². The van der Waals surface area contributed by atoms with Crippen LogP contribution >= 0.6 is 11.6 Å². The van der Waals surface area contributed by atoms with Gasteiger partial charge in [0.15, 0.2) is 0 Å². The first-order valence-electron chi connectivity index (χ1n) is 3.94. The summed E-state index contributed by atoms with van der Waals surface area (Å²) >= 11 is 5.79. The first-order chi connectivity index (χ1) is 5.34. The third kappa shape index (κ3) is 1.93. The molecule has 1 heterocycles. The van der Waals surface area contributed by atoms with E-state index >= 15 is 0 Å². The number of halogens is 1. The van der Waals surface area contributed by atoms with E-state index in [1.54, 1.807) is 6.20 Å². The molecule has 0 N–H and O–H groups in total. The van der Waals surface area contributed by atoms with Crippen LogP contribution in [0.4, 0.5) is 0 Å². The molecule has 0 atom stereocenters. The molecule has 0 saturated heterocycles. The third-order valence-corrected chi connectivity index (χ3v) is 2.19. The summed E-state index contributed by atoms with van der Waals surface area (Å²) in [4.78, 5) is 4.03. The summed E-state index contributed by atoms with van der Waals surface area (Å²) in [5, 5.41) is 0.753. The molecule has 1 aliphatic carbocycles. The standard InChI is InChI=1S/C9H10ClN/c10-9-4-8(5-11-6-9)3-7-1-2-7/h4-7H,1-3H2. The number of nitrogens with zero attached hydrogens (tertiary/aromatic N) is 1. The van der Waals surface area contributed by atoms with Crippen molar-refractivity contribution in [2.75, 3.05) is 0 Å². The molecular formula is C9H10ClN. The molecule has 58 valence electrons. The second kappa shape index (κ2) is 2.82. The van der Waals surface area contributed by atoms with Crippen LogP contribution in [0.5, 0.6) is 0 Å². The first-order valence-corrected chi connectivity index (χ1v) is 4.32. The molecule has 0 bridgehead atoms. The second-order valence-corrected chi connectivity index (χ2v) is 3.60. The maximum Gasteiger partial charge on any atom is 0.0592 e. The van der Waals surface area contributed by atoms with E-state index in [0.717, 1.165) is 17.4 Å². The lowest BCUT2D eigenvalue weighted by Gasteiger charge is -1.97. The zero-order chi connectivity index (χ0) is 7.68. The van der Waals surface area contributed by atoms with Crippen molar-refractivity contribution in [2.45, 2.75) is 19.3 Å². The van der Waals surface area contributed by atoms with E-state index in [1.165, 1.54) is 18.4 Å². The number of pyridine rings is 1. The number of aromatic nitrogens is 1. The average Bonchev–Trinajstić information content (AvgIpc) is 2.71. The van der Waals surface area contributed by atoms with E-state index in [2.05, 4.69) is 4.98 Å². The summed E-state index contributed by atoms with van der Waals surface area (Å²) in [7, 11) is 0. The van der Waals surface area contributed by atoms with Crippen LogP contribution < -0.4 is 0 Å². The molecule has 11 heavy (non-hydrogen) atoms. The molecular weight excluding hydrogens is 158 g/mol. The molecule has 0 aromatic carbocycles. The van der Waals surface area contributed by atoms with Gasteiger partial charge in [-0.3, -0.25) is 4.98 Å². The normalized spacial score (nSPS) is 16.8. The summed E-state index contributed by atoms with van der Waals surface area (Å²) in [6.45, 7) is 0. The van der Waals surface area contributed by atoms with E-state index in [-0.39, 0.29) is 0 Å². The van der Waals surface area contributed by atoms with Gasteiger partial charge in [0.25, 0.3) is 0 Å². The summed E-state index contributed by atoms with van der Waals surface area (Å²) < 4.78 is 0. The van der Waals surface area contributed by atoms with Crippen molar-refractivity contribution in [3.63, 3.8) is 0 Å². The van der Waals surface area contributed by atoms with Gasteiger partial charge < -0.3 is 0 Å². The predicted octanol–water partition coefficient (Wildman–Crippen LogP) is 2.69. The Morgan fingerprint density at radius 3 is 2.91 bits per heavy atom. The molecule has 1 aromatic heterocycles. The van der Waals surface area contributed by atoms with Crippen LogP contribution in [-0.4, -0.2) is 4.98 Å². The Morgan fingerprint density at radius 1 is 1.45 bits per heavy atom. The summed E-state index contributed by atoms with van der Waals surface area (Å²) in [6.07, 6.45) is 7.51. The highest BCUT2D eigenvalue weighted by Gasteiger charge is 2.21. The zero-order valence-corrected chi connectivity index (χ0v) is 7.01. The van der Waals surface area contributed by atoms with Gasteiger partial charge in [0.2, 0.25) is 0 Å². The van der Waals surface area contributed by atoms with Crippen molar-refractivity contribution in [3.05, 3.63) is 29.0 Å². The maximum absolute atomic E-state index is 5.79. The van der Waals surface area contributed by atoms with Crippen molar-refractivity contribution in [1.29, 1.82) is 0 Å². The monoisotopic (exact) mass is 167 g/mol. The number of rotatable bonds is 2. The first kappa shape index (κ1) is 7.11. The van der Waals surface area contributed by atoms with E-state index in [9.17, 15) is 0 Å². The number of hydrogen-bond donors (Lipinski definition) is 0. The van der Waals surface area contributed by atoms with Gasteiger partial charge in [-0.15, -0.1) is 0 Å². The molecule has 1 aromatic rings. The Balaban J connectivity index is 2.10. The van der Waals surface area contributed by atoms with Gasteiger partial charge in [0, 0.05) is 12.4 Å². The molecule has 0 radical (unpaired) electrons. The van der Waals surface area contributed by atoms with Gasteiger partial charge in [-0.25, -0.2) is 0 Å². The Kier molecular flexibility index (Phi) is 1.82. The molecule has 0 aliphatic heterocycles. The fraction of sp³-hybridized carbons (Fsp3) is 0.444. The highest BCUT2D eigenvalue weighted by molar-refractivity contribution is 6.30. The van der Waals surface area contributed by atoms with Crippen LogP contribution in [0.1, 0.15) is 18.4 Å². The van der Waals surface area contributed by atoms with Crippen LogP contribution in [0.25, 0.3) is 0 Å². The van der Waals surface area contributed by atoms with Gasteiger partial charge in [-0.2, -0.15) is 0 Å². The minimum Gasteiger partial charge on any atom is -0.263 e. The van der Waals surface area contributed by atoms with Gasteiger partial charge >= 0.3 is 0 Å². The van der Waals surface area contributed by atoms with Crippen LogP contribution in [-0.2, 0) is 6.42 Å². The predicted molar refractivity (Wildman–Crippen MR) is 45.7 cm³/mol. The van der Waals surface area contributed by atoms with E-state index in [0.29, 0.717) is 0 Å². The molecule has 1 saturated carbocycles. The summed E-state index contributed by atoms with van der Waals surface area (Å²) in [5.41, 5.74) is 1.28. The third-order valence-electron chi connectivity index (χ3n) is 1.98. The quantitative estimate of drug-likeness (QED) is 0.660. The smallest absolute Gasteiger partial charge is 0.0592 e. The molecule has 0 spiro atoms. The number of hydrogen-bond acceptors (Lipinski definition) is 1. The molecule has 0 amide bonds. The molecule has 1 nitrogen and oxygen atoms in total. The molecule has 0 unspecified atom stereocenters. The molecule has 1 fully saturated rings. The van der Waals surface area contributed by atoms with Gasteiger partial charge in [0.05, 0.1) is 5.02 Å². The van der Waals surface area contributed by atoms with Gasteiger partial charge in [0.1, 0.15) is 0 Å². The SMILES string of the molecule is Clc1cncc(CC2CC2)c1. The lowest BCUT2D eigenvalue weighted by atomic mass is 10.1. The Labute approximate surface area is 71.4 Å². The highest BCUT2D eigenvalue weighted by Crippen LogP contribution is 2.32. The lowest BCUT2D eigenvalue weighted by molar-refractivity contribution is 0.827. The highest BCUT2D eigenvalue weighted by atomic mass is 35.5. The molecule has 2 rings (SSSR count). The molecule has 2 heteroatoms. The molecule has 1 aliphatic rings. The van der Waals surface area contributed by atoms with Crippen molar-refractivity contribution in [3.8, 4) is 0 Å².